The van der Waals surface area contributed by atoms with Crippen LogP contribution in [0.4, 0.5) is 0 Å². The molecule has 0 saturated heterocycles. The van der Waals surface area contributed by atoms with E-state index in [9.17, 15) is 14.8 Å². The van der Waals surface area contributed by atoms with Crippen molar-refractivity contribution in [3.8, 4) is 0 Å². The minimum absolute atomic E-state index is 0.113. The Balaban J connectivity index is 2.87. The smallest absolute Gasteiger partial charge is 0.168 e. The molecule has 1 aliphatic carbocycles. The topological polar surface area (TPSA) is 57.6 Å². The molecule has 0 spiro atoms. The summed E-state index contributed by atoms with van der Waals surface area (Å²) < 4.78 is 0. The molecule has 4 heteroatoms. The van der Waals surface area contributed by atoms with Crippen molar-refractivity contribution < 1.29 is 14.8 Å². The highest BCUT2D eigenvalue weighted by molar-refractivity contribution is 6.25. The Morgan fingerprint density at radius 3 is 2.00 bits per heavy atom. The zero-order chi connectivity index (χ0) is 10.9. The van der Waals surface area contributed by atoms with Crippen LogP contribution in [0.15, 0.2) is 11.8 Å². The van der Waals surface area contributed by atoms with E-state index in [1.54, 1.807) is 20.8 Å². The highest BCUT2D eigenvalue weighted by Gasteiger charge is 2.28. The molecule has 0 atom stereocenters. The third-order valence-electron chi connectivity index (χ3n) is 2.12. The molecule has 4 nitrogen and oxygen atoms in total. The van der Waals surface area contributed by atoms with Gasteiger partial charge in [-0.15, -0.1) is 0 Å². The van der Waals surface area contributed by atoms with Crippen LogP contribution in [0.25, 0.3) is 0 Å². The first-order valence-electron chi connectivity index (χ1n) is 4.59. The van der Waals surface area contributed by atoms with Crippen LogP contribution in [-0.4, -0.2) is 27.4 Å². The Morgan fingerprint density at radius 1 is 1.21 bits per heavy atom. The molecular weight excluding hydrogens is 182 g/mol. The maximum absolute atomic E-state index is 11.2. The average Bonchev–Trinajstić information content (AvgIpc) is 2.34. The number of hydrogen-bond acceptors (Lipinski definition) is 4. The summed E-state index contributed by atoms with van der Waals surface area (Å²) >= 11 is 0. The molecule has 1 fully saturated rings. The summed E-state index contributed by atoms with van der Waals surface area (Å²) in [6.07, 6.45) is 1.77. The second-order valence-electron chi connectivity index (χ2n) is 4.40. The fraction of sp³-hybridized carbons (Fsp3) is 0.600. The summed E-state index contributed by atoms with van der Waals surface area (Å²) in [4.78, 5) is 22.4. The number of Topliss-reactive ketones (excluding diaryl/α,β-unsaturated/α-hetero) is 2. The number of nitrogens with zero attached hydrogens (tertiary/aromatic N) is 1. The molecule has 0 aromatic carbocycles. The fourth-order valence-corrected chi connectivity index (χ4v) is 1.11. The molecule has 1 aliphatic rings. The predicted molar refractivity (Wildman–Crippen MR) is 50.7 cm³/mol. The van der Waals surface area contributed by atoms with E-state index in [0.29, 0.717) is 0 Å². The van der Waals surface area contributed by atoms with Crippen molar-refractivity contribution in [3.63, 3.8) is 0 Å². The van der Waals surface area contributed by atoms with E-state index < -0.39 is 5.54 Å². The van der Waals surface area contributed by atoms with Crippen molar-refractivity contribution in [2.45, 2.75) is 39.2 Å². The van der Waals surface area contributed by atoms with Gasteiger partial charge in [-0.1, -0.05) is 0 Å². The summed E-state index contributed by atoms with van der Waals surface area (Å²) in [5.41, 5.74) is -0.390. The number of rotatable bonds is 1. The monoisotopic (exact) mass is 197 g/mol. The van der Waals surface area contributed by atoms with Gasteiger partial charge in [0.05, 0.1) is 11.1 Å². The van der Waals surface area contributed by atoms with Gasteiger partial charge in [-0.2, -0.15) is 0 Å². The van der Waals surface area contributed by atoms with Gasteiger partial charge in [-0.05, 0) is 20.8 Å². The fourth-order valence-electron chi connectivity index (χ4n) is 1.11. The van der Waals surface area contributed by atoms with Gasteiger partial charge in [0.1, 0.15) is 0 Å². The number of carbonyl (C=O) groups is 2. The Bertz CT molecular complexity index is 281. The minimum Gasteiger partial charge on any atom is -0.294 e. The maximum atomic E-state index is 11.2. The van der Waals surface area contributed by atoms with Crippen molar-refractivity contribution in [2.75, 3.05) is 0 Å². The second-order valence-corrected chi connectivity index (χ2v) is 4.40. The molecule has 1 rings (SSSR count). The first-order valence-corrected chi connectivity index (χ1v) is 4.59. The van der Waals surface area contributed by atoms with Crippen LogP contribution in [-0.2, 0) is 9.59 Å². The summed E-state index contributed by atoms with van der Waals surface area (Å²) in [6.45, 7) is 5.36. The predicted octanol–water partition coefficient (Wildman–Crippen LogP) is 1.29. The molecule has 0 heterocycles. The van der Waals surface area contributed by atoms with Crippen LogP contribution in [0.1, 0.15) is 33.6 Å². The van der Waals surface area contributed by atoms with Gasteiger partial charge in [0, 0.05) is 19.0 Å². The molecule has 0 bridgehead atoms. The quantitative estimate of drug-likeness (QED) is 0.391. The number of hydroxylamine groups is 2. The van der Waals surface area contributed by atoms with Gasteiger partial charge < -0.3 is 0 Å². The summed E-state index contributed by atoms with van der Waals surface area (Å²) in [5.74, 6) is -0.364. The zero-order valence-electron chi connectivity index (χ0n) is 8.70. The van der Waals surface area contributed by atoms with Crippen LogP contribution in [0.3, 0.4) is 0 Å². The Kier molecular flexibility index (Phi) is 2.76. The lowest BCUT2D eigenvalue weighted by atomic mass is 10.1. The first kappa shape index (κ1) is 10.9. The summed E-state index contributed by atoms with van der Waals surface area (Å²) in [6, 6.07) is 0. The van der Waals surface area contributed by atoms with E-state index in [2.05, 4.69) is 0 Å². The van der Waals surface area contributed by atoms with E-state index in [-0.39, 0.29) is 30.0 Å². The highest BCUT2D eigenvalue weighted by atomic mass is 16.5. The van der Waals surface area contributed by atoms with Gasteiger partial charge in [0.15, 0.2) is 11.6 Å². The van der Waals surface area contributed by atoms with Gasteiger partial charge in [0.2, 0.25) is 0 Å². The molecule has 0 unspecified atom stereocenters. The largest absolute Gasteiger partial charge is 0.294 e. The van der Waals surface area contributed by atoms with Crippen LogP contribution >= 0.6 is 0 Å². The second kappa shape index (κ2) is 3.53. The summed E-state index contributed by atoms with van der Waals surface area (Å²) in [5, 5.41) is 10.4. The molecule has 1 N–H and O–H groups in total. The van der Waals surface area contributed by atoms with Crippen molar-refractivity contribution in [2.24, 2.45) is 0 Å². The molecular formula is C10H15NO3. The molecule has 0 aromatic heterocycles. The maximum Gasteiger partial charge on any atom is 0.168 e. The lowest BCUT2D eigenvalue weighted by molar-refractivity contribution is -0.121. The van der Waals surface area contributed by atoms with E-state index in [0.717, 1.165) is 5.06 Å². The standard InChI is InChI=1S/C10H15NO3/c1-10(2,3)11(14)6-7-8(12)4-5-9(7)13/h6,14H,4-5H2,1-3H3. The van der Waals surface area contributed by atoms with Crippen molar-refractivity contribution in [1.29, 1.82) is 0 Å². The molecule has 0 aromatic rings. The lowest BCUT2D eigenvalue weighted by Gasteiger charge is -2.28. The Morgan fingerprint density at radius 2 is 1.64 bits per heavy atom. The SMILES string of the molecule is CC(C)(C)N(O)C=C1C(=O)CCC1=O. The number of hydrogen-bond donors (Lipinski definition) is 1. The van der Waals surface area contributed by atoms with Crippen LogP contribution in [0, 0.1) is 0 Å². The Labute approximate surface area is 83.2 Å². The molecule has 1 saturated carbocycles. The van der Waals surface area contributed by atoms with Crippen LogP contribution in [0.5, 0.6) is 0 Å². The van der Waals surface area contributed by atoms with Crippen LogP contribution < -0.4 is 0 Å². The molecule has 78 valence electrons. The van der Waals surface area contributed by atoms with E-state index in [4.69, 9.17) is 0 Å². The number of allylic oxidation sites excluding steroid dienone is 1. The third-order valence-corrected chi connectivity index (χ3v) is 2.12. The molecule has 0 amide bonds. The van der Waals surface area contributed by atoms with Gasteiger partial charge in [-0.3, -0.25) is 19.9 Å². The highest BCUT2D eigenvalue weighted by Crippen LogP contribution is 2.19. The van der Waals surface area contributed by atoms with Crippen molar-refractivity contribution >= 4 is 11.6 Å². The summed E-state index contributed by atoms with van der Waals surface area (Å²) in [7, 11) is 0. The van der Waals surface area contributed by atoms with Gasteiger partial charge in [-0.25, -0.2) is 0 Å². The van der Waals surface area contributed by atoms with Crippen molar-refractivity contribution in [3.05, 3.63) is 11.8 Å². The zero-order valence-corrected chi connectivity index (χ0v) is 8.70. The normalized spacial score (nSPS) is 17.6. The van der Waals surface area contributed by atoms with Crippen molar-refractivity contribution in [1.82, 2.24) is 5.06 Å². The first-order chi connectivity index (χ1) is 6.32. The van der Waals surface area contributed by atoms with Crippen LogP contribution in [0.2, 0.25) is 0 Å². The number of ketones is 2. The molecule has 14 heavy (non-hydrogen) atoms. The van der Waals surface area contributed by atoms with E-state index in [1.165, 1.54) is 6.20 Å². The van der Waals surface area contributed by atoms with Gasteiger partial charge in [0.25, 0.3) is 0 Å². The van der Waals surface area contributed by atoms with E-state index >= 15 is 0 Å². The van der Waals surface area contributed by atoms with Gasteiger partial charge >= 0.3 is 0 Å². The third kappa shape index (κ3) is 2.20. The minimum atomic E-state index is -0.504. The lowest BCUT2D eigenvalue weighted by Crippen LogP contribution is -2.35. The van der Waals surface area contributed by atoms with E-state index in [1.807, 2.05) is 0 Å². The molecule has 0 aliphatic heterocycles. The molecule has 0 radical (unpaired) electrons. The number of carbonyl (C=O) groups excluding carboxylic acids is 2. The average molecular weight is 197 g/mol. The Hall–Kier alpha value is -1.16.